The number of carbonyl (C=O) groups excluding carboxylic acids is 1. The standard InChI is InChI=1S/C25H27FN6O/c26-22-4-3-18(17-5-10-27-11-6-17)14-21(22)24(33)30-20-8-13-32(16-20)25-29-12-7-23(31-25)19-2-1-9-28-15-19/h1-4,7,9,12,14-15,17,20,27H,5-6,8,10-11,13,16H2,(H,30,33). The summed E-state index contributed by atoms with van der Waals surface area (Å²) in [6, 6.07) is 10.6. The van der Waals surface area contributed by atoms with Crippen LogP contribution in [0, 0.1) is 5.82 Å². The van der Waals surface area contributed by atoms with Gasteiger partial charge < -0.3 is 15.5 Å². The fraction of sp³-hybridized carbons (Fsp3) is 0.360. The van der Waals surface area contributed by atoms with Gasteiger partial charge in [-0.1, -0.05) is 6.07 Å². The van der Waals surface area contributed by atoms with Gasteiger partial charge in [-0.3, -0.25) is 9.78 Å². The van der Waals surface area contributed by atoms with Crippen LogP contribution in [-0.4, -0.2) is 53.1 Å². The van der Waals surface area contributed by atoms with E-state index in [0.717, 1.165) is 55.7 Å². The molecule has 2 fully saturated rings. The van der Waals surface area contributed by atoms with Crippen molar-refractivity contribution in [2.24, 2.45) is 0 Å². The Morgan fingerprint density at radius 3 is 2.82 bits per heavy atom. The fourth-order valence-corrected chi connectivity index (χ4v) is 4.62. The molecule has 4 heterocycles. The second kappa shape index (κ2) is 9.62. The van der Waals surface area contributed by atoms with Crippen LogP contribution in [0.5, 0.6) is 0 Å². The van der Waals surface area contributed by atoms with Crippen molar-refractivity contribution in [2.75, 3.05) is 31.1 Å². The van der Waals surface area contributed by atoms with E-state index in [2.05, 4.69) is 25.6 Å². The number of piperidine rings is 1. The molecule has 2 aromatic heterocycles. The molecule has 2 N–H and O–H groups in total. The molecule has 2 saturated heterocycles. The number of hydrogen-bond donors (Lipinski definition) is 2. The van der Waals surface area contributed by atoms with Crippen LogP contribution in [0.25, 0.3) is 11.3 Å². The molecule has 2 aliphatic rings. The molecular weight excluding hydrogens is 419 g/mol. The summed E-state index contributed by atoms with van der Waals surface area (Å²) in [4.78, 5) is 28.2. The van der Waals surface area contributed by atoms with E-state index in [1.165, 1.54) is 6.07 Å². The zero-order valence-corrected chi connectivity index (χ0v) is 18.4. The highest BCUT2D eigenvalue weighted by molar-refractivity contribution is 5.95. The van der Waals surface area contributed by atoms with Crippen LogP contribution < -0.4 is 15.5 Å². The fourth-order valence-electron chi connectivity index (χ4n) is 4.62. The first-order valence-electron chi connectivity index (χ1n) is 11.5. The molecule has 1 amide bonds. The summed E-state index contributed by atoms with van der Waals surface area (Å²) >= 11 is 0. The number of rotatable bonds is 5. The van der Waals surface area contributed by atoms with E-state index in [9.17, 15) is 9.18 Å². The van der Waals surface area contributed by atoms with Gasteiger partial charge in [0.25, 0.3) is 5.91 Å². The summed E-state index contributed by atoms with van der Waals surface area (Å²) in [5.74, 6) is 0.143. The number of hydrogen-bond acceptors (Lipinski definition) is 6. The predicted octanol–water partition coefficient (Wildman–Crippen LogP) is 3.15. The quantitative estimate of drug-likeness (QED) is 0.627. The Bertz CT molecular complexity index is 1120. The van der Waals surface area contributed by atoms with Crippen LogP contribution in [0.15, 0.2) is 55.0 Å². The van der Waals surface area contributed by atoms with Crippen LogP contribution in [-0.2, 0) is 0 Å². The van der Waals surface area contributed by atoms with Gasteiger partial charge in [0.15, 0.2) is 0 Å². The van der Waals surface area contributed by atoms with Crippen molar-refractivity contribution < 1.29 is 9.18 Å². The molecule has 2 aliphatic heterocycles. The average Bonchev–Trinajstić information content (AvgIpc) is 3.34. The molecule has 8 heteroatoms. The van der Waals surface area contributed by atoms with Gasteiger partial charge in [-0.2, -0.15) is 0 Å². The molecule has 1 aromatic carbocycles. The highest BCUT2D eigenvalue weighted by Crippen LogP contribution is 2.27. The van der Waals surface area contributed by atoms with Gasteiger partial charge in [0.2, 0.25) is 5.95 Å². The maximum atomic E-state index is 14.5. The van der Waals surface area contributed by atoms with Gasteiger partial charge in [-0.25, -0.2) is 14.4 Å². The molecule has 5 rings (SSSR count). The van der Waals surface area contributed by atoms with Crippen molar-refractivity contribution in [3.05, 3.63) is 71.9 Å². The number of carbonyl (C=O) groups is 1. The maximum absolute atomic E-state index is 14.5. The molecule has 33 heavy (non-hydrogen) atoms. The van der Waals surface area contributed by atoms with Crippen molar-refractivity contribution >= 4 is 11.9 Å². The van der Waals surface area contributed by atoms with Crippen LogP contribution in [0.4, 0.5) is 10.3 Å². The van der Waals surface area contributed by atoms with Crippen molar-refractivity contribution in [1.82, 2.24) is 25.6 Å². The Kier molecular flexibility index (Phi) is 6.26. The lowest BCUT2D eigenvalue weighted by Crippen LogP contribution is -2.37. The number of anilines is 1. The van der Waals surface area contributed by atoms with Gasteiger partial charge >= 0.3 is 0 Å². The van der Waals surface area contributed by atoms with Gasteiger partial charge in [0.05, 0.1) is 11.3 Å². The van der Waals surface area contributed by atoms with Crippen molar-refractivity contribution in [1.29, 1.82) is 0 Å². The maximum Gasteiger partial charge on any atom is 0.254 e. The largest absolute Gasteiger partial charge is 0.347 e. The van der Waals surface area contributed by atoms with E-state index >= 15 is 0 Å². The molecular formula is C25H27FN6O. The second-order valence-electron chi connectivity index (χ2n) is 8.65. The minimum absolute atomic E-state index is 0.0925. The number of amides is 1. The molecule has 7 nitrogen and oxygen atoms in total. The molecule has 0 saturated carbocycles. The topological polar surface area (TPSA) is 83.0 Å². The molecule has 3 aromatic rings. The zero-order valence-electron chi connectivity index (χ0n) is 18.4. The minimum Gasteiger partial charge on any atom is -0.347 e. The number of aromatic nitrogens is 3. The summed E-state index contributed by atoms with van der Waals surface area (Å²) in [5.41, 5.74) is 2.89. The first-order chi connectivity index (χ1) is 16.2. The summed E-state index contributed by atoms with van der Waals surface area (Å²) in [5, 5.41) is 6.35. The van der Waals surface area contributed by atoms with Gasteiger partial charge in [-0.05, 0) is 74.2 Å². The van der Waals surface area contributed by atoms with Crippen LogP contribution in [0.2, 0.25) is 0 Å². The van der Waals surface area contributed by atoms with E-state index in [1.807, 2.05) is 29.2 Å². The SMILES string of the molecule is O=C(NC1CCN(c2nccc(-c3cccnc3)n2)C1)c1cc(C2CCNCC2)ccc1F. The summed E-state index contributed by atoms with van der Waals surface area (Å²) in [7, 11) is 0. The average molecular weight is 447 g/mol. The smallest absolute Gasteiger partial charge is 0.254 e. The summed E-state index contributed by atoms with van der Waals surface area (Å²) in [6.07, 6.45) is 7.99. The predicted molar refractivity (Wildman–Crippen MR) is 125 cm³/mol. The lowest BCUT2D eigenvalue weighted by molar-refractivity contribution is 0.0936. The number of nitrogens with zero attached hydrogens (tertiary/aromatic N) is 4. The van der Waals surface area contributed by atoms with Gasteiger partial charge in [0.1, 0.15) is 5.82 Å². The van der Waals surface area contributed by atoms with Crippen LogP contribution >= 0.6 is 0 Å². The van der Waals surface area contributed by atoms with E-state index in [4.69, 9.17) is 0 Å². The minimum atomic E-state index is -0.479. The Balaban J connectivity index is 1.25. The number of nitrogens with one attached hydrogen (secondary N) is 2. The molecule has 1 unspecified atom stereocenters. The molecule has 1 atom stereocenters. The third-order valence-corrected chi connectivity index (χ3v) is 6.45. The van der Waals surface area contributed by atoms with Gasteiger partial charge in [-0.15, -0.1) is 0 Å². The molecule has 0 bridgehead atoms. The van der Waals surface area contributed by atoms with E-state index in [1.54, 1.807) is 24.7 Å². The van der Waals surface area contributed by atoms with Gasteiger partial charge in [0, 0.05) is 43.3 Å². The van der Waals surface area contributed by atoms with E-state index in [-0.39, 0.29) is 17.5 Å². The molecule has 170 valence electrons. The van der Waals surface area contributed by atoms with Crippen molar-refractivity contribution in [2.45, 2.75) is 31.2 Å². The monoisotopic (exact) mass is 446 g/mol. The van der Waals surface area contributed by atoms with Crippen LogP contribution in [0.3, 0.4) is 0 Å². The first kappa shape index (κ1) is 21.5. The van der Waals surface area contributed by atoms with Crippen LogP contribution in [0.1, 0.15) is 41.1 Å². The normalized spacial score (nSPS) is 18.9. The Hall–Kier alpha value is -3.39. The molecule has 0 spiro atoms. The third kappa shape index (κ3) is 4.85. The van der Waals surface area contributed by atoms with Crippen molar-refractivity contribution in [3.63, 3.8) is 0 Å². The number of halogens is 1. The van der Waals surface area contributed by atoms with E-state index in [0.29, 0.717) is 18.4 Å². The first-order valence-corrected chi connectivity index (χ1v) is 11.5. The second-order valence-corrected chi connectivity index (χ2v) is 8.65. The van der Waals surface area contributed by atoms with E-state index < -0.39 is 5.82 Å². The third-order valence-electron chi connectivity index (χ3n) is 6.45. The lowest BCUT2D eigenvalue weighted by Gasteiger charge is -2.23. The van der Waals surface area contributed by atoms with Crippen molar-refractivity contribution in [3.8, 4) is 11.3 Å². The highest BCUT2D eigenvalue weighted by Gasteiger charge is 2.27. The Morgan fingerprint density at radius 2 is 2.00 bits per heavy atom. The number of pyridine rings is 1. The summed E-state index contributed by atoms with van der Waals surface area (Å²) < 4.78 is 14.5. The lowest BCUT2D eigenvalue weighted by atomic mass is 9.89. The Morgan fingerprint density at radius 1 is 1.12 bits per heavy atom. The number of benzene rings is 1. The highest BCUT2D eigenvalue weighted by atomic mass is 19.1. The summed E-state index contributed by atoms with van der Waals surface area (Å²) in [6.45, 7) is 3.20. The Labute approximate surface area is 192 Å². The zero-order chi connectivity index (χ0) is 22.6. The molecule has 0 aliphatic carbocycles. The molecule has 0 radical (unpaired) electrons.